The van der Waals surface area contributed by atoms with E-state index in [4.69, 9.17) is 9.47 Å². The first kappa shape index (κ1) is 22.4. The highest BCUT2D eigenvalue weighted by molar-refractivity contribution is 5.01. The Bertz CT molecular complexity index is 340. The number of rotatable bonds is 16. The molecule has 2 nitrogen and oxygen atoms in total. The van der Waals surface area contributed by atoms with Crippen LogP contribution >= 0.6 is 0 Å². The molecule has 0 N–H and O–H groups in total. The third-order valence-corrected chi connectivity index (χ3v) is 4.94. The summed E-state index contributed by atoms with van der Waals surface area (Å²) < 4.78 is 11.9. The predicted molar refractivity (Wildman–Crippen MR) is 109 cm³/mol. The summed E-state index contributed by atoms with van der Waals surface area (Å²) in [6.07, 6.45) is 26.8. The minimum absolute atomic E-state index is 0.432. The Morgan fingerprint density at radius 2 is 1.28 bits per heavy atom. The summed E-state index contributed by atoms with van der Waals surface area (Å²) in [6.45, 7) is 5.99. The second-order valence-electron chi connectivity index (χ2n) is 7.34. The van der Waals surface area contributed by atoms with Crippen LogP contribution in [0.3, 0.4) is 0 Å². The molecular formula is C23H42O2. The van der Waals surface area contributed by atoms with Crippen LogP contribution in [0.25, 0.3) is 0 Å². The molecule has 1 saturated heterocycles. The van der Waals surface area contributed by atoms with Crippen LogP contribution in [-0.2, 0) is 9.47 Å². The predicted octanol–water partition coefficient (Wildman–Crippen LogP) is 7.34. The maximum Gasteiger partial charge on any atom is 0.187 e. The third kappa shape index (κ3) is 11.6. The van der Waals surface area contributed by atoms with Gasteiger partial charge in [0.2, 0.25) is 0 Å². The molecule has 0 amide bonds. The zero-order valence-electron chi connectivity index (χ0n) is 16.9. The minimum atomic E-state index is -0.432. The van der Waals surface area contributed by atoms with Gasteiger partial charge in [-0.25, -0.2) is 0 Å². The Morgan fingerprint density at radius 1 is 0.680 bits per heavy atom. The molecular weight excluding hydrogens is 308 g/mol. The minimum Gasteiger partial charge on any atom is -0.344 e. The van der Waals surface area contributed by atoms with E-state index in [1.807, 2.05) is 0 Å². The van der Waals surface area contributed by atoms with Crippen molar-refractivity contribution in [2.24, 2.45) is 0 Å². The molecule has 0 aromatic heterocycles. The lowest BCUT2D eigenvalue weighted by Crippen LogP contribution is -2.27. The highest BCUT2D eigenvalue weighted by Crippen LogP contribution is 2.28. The summed E-state index contributed by atoms with van der Waals surface area (Å²) in [5.74, 6) is -0.432. The van der Waals surface area contributed by atoms with Crippen molar-refractivity contribution in [1.29, 1.82) is 0 Å². The second-order valence-corrected chi connectivity index (χ2v) is 7.34. The molecule has 1 aliphatic heterocycles. The largest absolute Gasteiger partial charge is 0.344 e. The molecule has 1 fully saturated rings. The van der Waals surface area contributed by atoms with E-state index in [0.29, 0.717) is 0 Å². The van der Waals surface area contributed by atoms with Crippen molar-refractivity contribution in [2.75, 3.05) is 13.2 Å². The summed E-state index contributed by atoms with van der Waals surface area (Å²) >= 11 is 0. The first-order chi connectivity index (χ1) is 12.3. The van der Waals surface area contributed by atoms with Crippen molar-refractivity contribution >= 4 is 0 Å². The van der Waals surface area contributed by atoms with E-state index < -0.39 is 5.79 Å². The van der Waals surface area contributed by atoms with Crippen molar-refractivity contribution in [2.45, 2.75) is 110 Å². The van der Waals surface area contributed by atoms with Gasteiger partial charge >= 0.3 is 0 Å². The van der Waals surface area contributed by atoms with Crippen molar-refractivity contribution < 1.29 is 9.47 Å². The van der Waals surface area contributed by atoms with Gasteiger partial charge in [-0.3, -0.25) is 0 Å². The number of unbranched alkanes of at least 4 members (excludes halogenated alkanes) is 10. The van der Waals surface area contributed by atoms with Crippen LogP contribution in [0.4, 0.5) is 0 Å². The van der Waals surface area contributed by atoms with Gasteiger partial charge in [-0.1, -0.05) is 89.9 Å². The van der Waals surface area contributed by atoms with Crippen LogP contribution in [0.15, 0.2) is 24.3 Å². The van der Waals surface area contributed by atoms with Gasteiger partial charge in [0, 0.05) is 6.42 Å². The molecule has 0 unspecified atom stereocenters. The second kappa shape index (κ2) is 15.6. The summed E-state index contributed by atoms with van der Waals surface area (Å²) in [5.41, 5.74) is 0. The quantitative estimate of drug-likeness (QED) is 0.214. The van der Waals surface area contributed by atoms with Gasteiger partial charge < -0.3 is 9.47 Å². The van der Waals surface area contributed by atoms with E-state index in [-0.39, 0.29) is 0 Å². The fraction of sp³-hybridized carbons (Fsp3) is 0.826. The molecule has 0 saturated carbocycles. The summed E-state index contributed by atoms with van der Waals surface area (Å²) in [5, 5.41) is 0. The first-order valence-corrected chi connectivity index (χ1v) is 10.9. The topological polar surface area (TPSA) is 18.5 Å². The van der Waals surface area contributed by atoms with E-state index in [1.165, 1.54) is 77.0 Å². The first-order valence-electron chi connectivity index (χ1n) is 10.9. The Hall–Kier alpha value is -0.600. The van der Waals surface area contributed by atoms with Crippen molar-refractivity contribution in [3.8, 4) is 0 Å². The number of allylic oxidation sites excluding steroid dienone is 3. The molecule has 0 aliphatic carbocycles. The number of hydrogen-bond acceptors (Lipinski definition) is 2. The van der Waals surface area contributed by atoms with Crippen molar-refractivity contribution in [1.82, 2.24) is 0 Å². The normalized spacial score (nSPS) is 17.2. The molecule has 0 atom stereocenters. The molecule has 0 radical (unpaired) electrons. The Kier molecular flexibility index (Phi) is 14.0. The SMILES string of the molecule is CCCCCC=CCC=CC1(CCCCCCCCCC)OCCO1. The Morgan fingerprint density at radius 3 is 1.96 bits per heavy atom. The summed E-state index contributed by atoms with van der Waals surface area (Å²) in [4.78, 5) is 0. The molecule has 1 heterocycles. The van der Waals surface area contributed by atoms with Crippen LogP contribution in [0.1, 0.15) is 104 Å². The number of ether oxygens (including phenoxy) is 2. The van der Waals surface area contributed by atoms with Crippen LogP contribution in [0.5, 0.6) is 0 Å². The fourth-order valence-electron chi connectivity index (χ4n) is 3.35. The summed E-state index contributed by atoms with van der Waals surface area (Å²) in [7, 11) is 0. The molecule has 0 bridgehead atoms. The Balaban J connectivity index is 2.15. The van der Waals surface area contributed by atoms with Crippen LogP contribution in [-0.4, -0.2) is 19.0 Å². The molecule has 0 aromatic rings. The lowest BCUT2D eigenvalue weighted by molar-refractivity contribution is -0.122. The molecule has 0 spiro atoms. The van der Waals surface area contributed by atoms with Crippen LogP contribution in [0.2, 0.25) is 0 Å². The van der Waals surface area contributed by atoms with Crippen molar-refractivity contribution in [3.05, 3.63) is 24.3 Å². The van der Waals surface area contributed by atoms with Gasteiger partial charge in [0.1, 0.15) is 0 Å². The van der Waals surface area contributed by atoms with Gasteiger partial charge in [-0.05, 0) is 31.8 Å². The van der Waals surface area contributed by atoms with Gasteiger partial charge in [-0.2, -0.15) is 0 Å². The van der Waals surface area contributed by atoms with Gasteiger partial charge in [0.25, 0.3) is 0 Å². The van der Waals surface area contributed by atoms with Crippen LogP contribution in [0, 0.1) is 0 Å². The molecule has 1 aliphatic rings. The monoisotopic (exact) mass is 350 g/mol. The van der Waals surface area contributed by atoms with Crippen LogP contribution < -0.4 is 0 Å². The lowest BCUT2D eigenvalue weighted by atomic mass is 10.0. The maximum absolute atomic E-state index is 5.93. The molecule has 1 rings (SSSR count). The van der Waals surface area contributed by atoms with E-state index >= 15 is 0 Å². The average molecular weight is 351 g/mol. The fourth-order valence-corrected chi connectivity index (χ4v) is 3.35. The molecule has 146 valence electrons. The summed E-state index contributed by atoms with van der Waals surface area (Å²) in [6, 6.07) is 0. The average Bonchev–Trinajstić information content (AvgIpc) is 3.09. The van der Waals surface area contributed by atoms with Gasteiger partial charge in [0.05, 0.1) is 13.2 Å². The Labute approximate surface area is 157 Å². The standard InChI is InChI=1S/C23H42O2/c1-3-5-7-9-11-13-15-17-19-23(24-21-22-25-23)20-18-16-14-12-10-8-6-4-2/h11,13,17,19H,3-10,12,14-16,18,20-22H2,1-2H3. The zero-order valence-corrected chi connectivity index (χ0v) is 16.9. The zero-order chi connectivity index (χ0) is 18.1. The highest BCUT2D eigenvalue weighted by Gasteiger charge is 2.32. The van der Waals surface area contributed by atoms with E-state index in [9.17, 15) is 0 Å². The molecule has 0 aromatic carbocycles. The van der Waals surface area contributed by atoms with Gasteiger partial charge in [-0.15, -0.1) is 0 Å². The maximum atomic E-state index is 5.93. The smallest absolute Gasteiger partial charge is 0.187 e. The molecule has 2 heteroatoms. The van der Waals surface area contributed by atoms with E-state index in [1.54, 1.807) is 0 Å². The van der Waals surface area contributed by atoms with E-state index in [0.717, 1.165) is 26.1 Å². The van der Waals surface area contributed by atoms with E-state index in [2.05, 4.69) is 38.2 Å². The highest BCUT2D eigenvalue weighted by atomic mass is 16.7. The number of hydrogen-bond donors (Lipinski definition) is 0. The van der Waals surface area contributed by atoms with Crippen molar-refractivity contribution in [3.63, 3.8) is 0 Å². The lowest BCUT2D eigenvalue weighted by Gasteiger charge is -2.23. The molecule has 25 heavy (non-hydrogen) atoms. The third-order valence-electron chi connectivity index (χ3n) is 4.94. The van der Waals surface area contributed by atoms with Gasteiger partial charge in [0.15, 0.2) is 5.79 Å².